The number of nitriles is 1. The van der Waals surface area contributed by atoms with Crippen LogP contribution in [0.25, 0.3) is 0 Å². The van der Waals surface area contributed by atoms with Crippen molar-refractivity contribution in [3.8, 4) is 6.07 Å². The maximum atomic E-state index is 12.5. The van der Waals surface area contributed by atoms with Crippen LogP contribution in [0.4, 0.5) is 0 Å². The average molecular weight is 356 g/mol. The molecule has 0 aliphatic heterocycles. The van der Waals surface area contributed by atoms with Crippen LogP contribution in [0.2, 0.25) is 0 Å². The van der Waals surface area contributed by atoms with Crippen molar-refractivity contribution in [3.63, 3.8) is 0 Å². The van der Waals surface area contributed by atoms with Crippen molar-refractivity contribution >= 4 is 23.4 Å². The number of carbonyl (C=O) groups excluding carboxylic acids is 2. The molecule has 2 N–H and O–H groups in total. The van der Waals surface area contributed by atoms with Gasteiger partial charge >= 0.3 is 0 Å². The minimum absolute atomic E-state index is 0.109. The standard InChI is InChI=1S/C19H18ClN3O2/c20-13-15-7-4-8-16(11-15)18(24)23-17(19(25)22-10-9-21)12-14-5-2-1-3-6-14/h1-8,11,17H,10,12-13H2,(H,22,25)(H,23,24). The van der Waals surface area contributed by atoms with Gasteiger partial charge in [0, 0.05) is 17.9 Å². The van der Waals surface area contributed by atoms with E-state index >= 15 is 0 Å². The summed E-state index contributed by atoms with van der Waals surface area (Å²) in [5.74, 6) is -0.454. The molecular weight excluding hydrogens is 338 g/mol. The molecule has 0 aliphatic rings. The molecule has 0 aliphatic carbocycles. The first-order valence-electron chi connectivity index (χ1n) is 7.78. The highest BCUT2D eigenvalue weighted by Gasteiger charge is 2.21. The number of nitrogens with one attached hydrogen (secondary N) is 2. The zero-order valence-electron chi connectivity index (χ0n) is 13.5. The number of rotatable bonds is 7. The van der Waals surface area contributed by atoms with Gasteiger partial charge in [-0.1, -0.05) is 42.5 Å². The van der Waals surface area contributed by atoms with Gasteiger partial charge in [-0.05, 0) is 23.3 Å². The average Bonchev–Trinajstić information content (AvgIpc) is 2.66. The quantitative estimate of drug-likeness (QED) is 0.591. The van der Waals surface area contributed by atoms with Gasteiger partial charge in [0.1, 0.15) is 12.6 Å². The molecule has 0 saturated heterocycles. The van der Waals surface area contributed by atoms with Gasteiger partial charge in [-0.3, -0.25) is 9.59 Å². The topological polar surface area (TPSA) is 82.0 Å². The van der Waals surface area contributed by atoms with Crippen LogP contribution in [-0.2, 0) is 17.1 Å². The molecule has 1 unspecified atom stereocenters. The highest BCUT2D eigenvalue weighted by atomic mass is 35.5. The number of carbonyl (C=O) groups is 2. The van der Waals surface area contributed by atoms with Crippen LogP contribution in [0.5, 0.6) is 0 Å². The van der Waals surface area contributed by atoms with E-state index in [2.05, 4.69) is 10.6 Å². The fourth-order valence-corrected chi connectivity index (χ4v) is 2.51. The highest BCUT2D eigenvalue weighted by molar-refractivity contribution is 6.17. The predicted octanol–water partition coefficient (Wildman–Crippen LogP) is 2.41. The summed E-state index contributed by atoms with van der Waals surface area (Å²) in [5.41, 5.74) is 2.17. The molecule has 128 valence electrons. The van der Waals surface area contributed by atoms with E-state index in [-0.39, 0.29) is 12.5 Å². The SMILES string of the molecule is N#CCNC(=O)C(Cc1ccccc1)NC(=O)c1cccc(CCl)c1. The lowest BCUT2D eigenvalue weighted by molar-refractivity contribution is -0.122. The molecule has 0 spiro atoms. The summed E-state index contributed by atoms with van der Waals surface area (Å²) in [5, 5.41) is 13.9. The van der Waals surface area contributed by atoms with E-state index in [1.807, 2.05) is 42.5 Å². The Hall–Kier alpha value is -2.84. The molecule has 1 atom stereocenters. The Balaban J connectivity index is 2.15. The van der Waals surface area contributed by atoms with Crippen molar-refractivity contribution in [3.05, 3.63) is 71.3 Å². The summed E-state index contributed by atoms with van der Waals surface area (Å²) in [6.45, 7) is -0.109. The van der Waals surface area contributed by atoms with Crippen LogP contribution in [-0.4, -0.2) is 24.4 Å². The van der Waals surface area contributed by atoms with Gasteiger partial charge in [0.25, 0.3) is 5.91 Å². The molecule has 25 heavy (non-hydrogen) atoms. The molecule has 0 fully saturated rings. The van der Waals surface area contributed by atoms with E-state index in [0.717, 1.165) is 11.1 Å². The van der Waals surface area contributed by atoms with Crippen molar-refractivity contribution in [2.24, 2.45) is 0 Å². The Morgan fingerprint density at radius 3 is 2.48 bits per heavy atom. The molecule has 2 aromatic rings. The molecule has 0 aromatic heterocycles. The third-order valence-electron chi connectivity index (χ3n) is 3.59. The molecule has 0 bridgehead atoms. The van der Waals surface area contributed by atoms with Gasteiger partial charge in [-0.15, -0.1) is 11.6 Å². The molecule has 2 amide bonds. The molecule has 0 heterocycles. The minimum atomic E-state index is -0.775. The normalized spacial score (nSPS) is 11.2. The smallest absolute Gasteiger partial charge is 0.251 e. The van der Waals surface area contributed by atoms with Gasteiger partial charge in [-0.2, -0.15) is 5.26 Å². The summed E-state index contributed by atoms with van der Waals surface area (Å²) in [7, 11) is 0. The van der Waals surface area contributed by atoms with Crippen LogP contribution in [0, 0.1) is 11.3 Å². The van der Waals surface area contributed by atoms with E-state index in [4.69, 9.17) is 16.9 Å². The summed E-state index contributed by atoms with van der Waals surface area (Å²) in [6.07, 6.45) is 0.332. The summed E-state index contributed by atoms with van der Waals surface area (Å²) in [6, 6.07) is 17.4. The molecule has 5 nitrogen and oxygen atoms in total. The summed E-state index contributed by atoms with van der Waals surface area (Å²) >= 11 is 5.80. The second-order valence-corrected chi connectivity index (χ2v) is 5.69. The van der Waals surface area contributed by atoms with Crippen molar-refractivity contribution in [1.82, 2.24) is 10.6 Å². The first-order chi connectivity index (χ1) is 12.1. The van der Waals surface area contributed by atoms with Gasteiger partial charge in [0.05, 0.1) is 6.07 Å². The lowest BCUT2D eigenvalue weighted by Gasteiger charge is -2.18. The summed E-state index contributed by atoms with van der Waals surface area (Å²) < 4.78 is 0. The third kappa shape index (κ3) is 5.63. The molecule has 2 rings (SSSR count). The second kappa shape index (κ2) is 9.45. The number of alkyl halides is 1. The number of benzene rings is 2. The van der Waals surface area contributed by atoms with E-state index in [9.17, 15) is 9.59 Å². The van der Waals surface area contributed by atoms with E-state index in [1.54, 1.807) is 18.2 Å². The Morgan fingerprint density at radius 2 is 1.80 bits per heavy atom. The second-order valence-electron chi connectivity index (χ2n) is 5.43. The van der Waals surface area contributed by atoms with E-state index in [0.29, 0.717) is 17.9 Å². The van der Waals surface area contributed by atoms with Gasteiger partial charge in [0.2, 0.25) is 5.91 Å². The molecular formula is C19H18ClN3O2. The largest absolute Gasteiger partial charge is 0.341 e. The van der Waals surface area contributed by atoms with E-state index in [1.165, 1.54) is 0 Å². The molecule has 2 aromatic carbocycles. The van der Waals surface area contributed by atoms with Gasteiger partial charge in [0.15, 0.2) is 0 Å². The van der Waals surface area contributed by atoms with Crippen molar-refractivity contribution in [2.45, 2.75) is 18.3 Å². The number of hydrogen-bond acceptors (Lipinski definition) is 3. The number of nitrogens with zero attached hydrogens (tertiary/aromatic N) is 1. The zero-order chi connectivity index (χ0) is 18.1. The fourth-order valence-electron chi connectivity index (χ4n) is 2.35. The Labute approximate surface area is 151 Å². The molecule has 6 heteroatoms. The van der Waals surface area contributed by atoms with Crippen molar-refractivity contribution < 1.29 is 9.59 Å². The number of halogens is 1. The lowest BCUT2D eigenvalue weighted by atomic mass is 10.0. The predicted molar refractivity (Wildman–Crippen MR) is 96.0 cm³/mol. The Kier molecular flexibility index (Phi) is 7.00. The van der Waals surface area contributed by atoms with Crippen molar-refractivity contribution in [2.75, 3.05) is 6.54 Å². The first-order valence-corrected chi connectivity index (χ1v) is 8.32. The first kappa shape index (κ1) is 18.5. The van der Waals surface area contributed by atoms with Crippen LogP contribution in [0.1, 0.15) is 21.5 Å². The maximum Gasteiger partial charge on any atom is 0.251 e. The maximum absolute atomic E-state index is 12.5. The third-order valence-corrected chi connectivity index (χ3v) is 3.90. The number of amides is 2. The lowest BCUT2D eigenvalue weighted by Crippen LogP contribution is -2.48. The van der Waals surface area contributed by atoms with E-state index < -0.39 is 11.9 Å². The van der Waals surface area contributed by atoms with Crippen LogP contribution in [0.15, 0.2) is 54.6 Å². The molecule has 0 saturated carbocycles. The number of hydrogen-bond donors (Lipinski definition) is 2. The Bertz CT molecular complexity index is 772. The van der Waals surface area contributed by atoms with Gasteiger partial charge in [-0.25, -0.2) is 0 Å². The van der Waals surface area contributed by atoms with Crippen LogP contribution >= 0.6 is 11.6 Å². The Morgan fingerprint density at radius 1 is 1.08 bits per heavy atom. The summed E-state index contributed by atoms with van der Waals surface area (Å²) in [4.78, 5) is 24.8. The van der Waals surface area contributed by atoms with Crippen LogP contribution in [0.3, 0.4) is 0 Å². The zero-order valence-corrected chi connectivity index (χ0v) is 14.3. The fraction of sp³-hybridized carbons (Fsp3) is 0.211. The van der Waals surface area contributed by atoms with Gasteiger partial charge < -0.3 is 10.6 Å². The van der Waals surface area contributed by atoms with Crippen molar-refractivity contribution in [1.29, 1.82) is 5.26 Å². The highest BCUT2D eigenvalue weighted by Crippen LogP contribution is 2.09. The monoisotopic (exact) mass is 355 g/mol. The van der Waals surface area contributed by atoms with Crippen LogP contribution < -0.4 is 10.6 Å². The minimum Gasteiger partial charge on any atom is -0.341 e. The molecule has 0 radical (unpaired) electrons.